The minimum absolute atomic E-state index is 0.690. The smallest absolute Gasteiger partial charge is 0.243 e. The highest BCUT2D eigenvalue weighted by Crippen LogP contribution is 2.36. The van der Waals surface area contributed by atoms with Gasteiger partial charge < -0.3 is 9.47 Å². The minimum atomic E-state index is 0.690. The average molecular weight is 542 g/mol. The molecule has 0 aliphatic heterocycles. The zero-order valence-corrected chi connectivity index (χ0v) is 20.8. The third-order valence-corrected chi connectivity index (χ3v) is 6.01. The third kappa shape index (κ3) is 7.16. The molecular formula is C22H30Br2N4O2+2. The molecule has 1 aromatic carbocycles. The Bertz CT molecular complexity index is 863. The van der Waals surface area contributed by atoms with Crippen LogP contribution in [0.2, 0.25) is 0 Å². The van der Waals surface area contributed by atoms with Crippen LogP contribution in [-0.2, 0) is 27.2 Å². The van der Waals surface area contributed by atoms with E-state index in [0.29, 0.717) is 13.2 Å². The topological polar surface area (TPSA) is 36.1 Å². The summed E-state index contributed by atoms with van der Waals surface area (Å²) in [5, 5.41) is 0. The summed E-state index contributed by atoms with van der Waals surface area (Å²) in [4.78, 5) is 0. The first-order chi connectivity index (χ1) is 14.5. The van der Waals surface area contributed by atoms with E-state index in [1.165, 1.54) is 0 Å². The Balaban J connectivity index is 1.36. The first-order valence-corrected chi connectivity index (χ1v) is 11.9. The van der Waals surface area contributed by atoms with E-state index in [9.17, 15) is 0 Å². The lowest BCUT2D eigenvalue weighted by molar-refractivity contribution is -0.671. The quantitative estimate of drug-likeness (QED) is 0.255. The molecule has 162 valence electrons. The molecule has 2 heterocycles. The fraction of sp³-hybridized carbons (Fsp3) is 0.455. The maximum absolute atomic E-state index is 5.96. The number of unbranched alkanes of at least 4 members (excludes halogenated alkanes) is 2. The van der Waals surface area contributed by atoms with E-state index in [1.54, 1.807) is 0 Å². The lowest BCUT2D eigenvalue weighted by Gasteiger charge is -2.13. The van der Waals surface area contributed by atoms with Gasteiger partial charge in [-0.25, -0.2) is 18.3 Å². The van der Waals surface area contributed by atoms with Gasteiger partial charge in [-0.05, 0) is 69.7 Å². The van der Waals surface area contributed by atoms with Crippen LogP contribution in [0.1, 0.15) is 25.7 Å². The third-order valence-electron chi connectivity index (χ3n) is 4.77. The standard InChI is InChI=1S/C22H30Br2N4O2/c1-25-9-11-27(17-25)7-3-5-13-29-21-15-20(24)22(16-19(21)23)30-14-6-4-8-28-12-10-26(2)18-28/h9-12,15-18H,3-8,13-14H2,1-2H3/q+2. The number of hydrogen-bond acceptors (Lipinski definition) is 2. The highest BCUT2D eigenvalue weighted by atomic mass is 79.9. The Morgan fingerprint density at radius 2 is 1.17 bits per heavy atom. The number of hydrogen-bond donors (Lipinski definition) is 0. The molecule has 30 heavy (non-hydrogen) atoms. The van der Waals surface area contributed by atoms with Crippen molar-refractivity contribution in [2.45, 2.75) is 38.8 Å². The predicted molar refractivity (Wildman–Crippen MR) is 123 cm³/mol. The van der Waals surface area contributed by atoms with Gasteiger partial charge in [-0.2, -0.15) is 0 Å². The van der Waals surface area contributed by atoms with Crippen LogP contribution < -0.4 is 18.6 Å². The van der Waals surface area contributed by atoms with Crippen molar-refractivity contribution >= 4 is 31.9 Å². The summed E-state index contributed by atoms with van der Waals surface area (Å²) in [6, 6.07) is 3.95. The summed E-state index contributed by atoms with van der Waals surface area (Å²) in [7, 11) is 4.07. The van der Waals surface area contributed by atoms with Crippen LogP contribution in [0.4, 0.5) is 0 Å². The average Bonchev–Trinajstić information content (AvgIpc) is 3.32. The predicted octanol–water partition coefficient (Wildman–Crippen LogP) is 4.18. The molecule has 0 atom stereocenters. The van der Waals surface area contributed by atoms with Gasteiger partial charge in [0.25, 0.3) is 0 Å². The van der Waals surface area contributed by atoms with Gasteiger partial charge in [-0.3, -0.25) is 0 Å². The van der Waals surface area contributed by atoms with Gasteiger partial charge in [0, 0.05) is 0 Å². The van der Waals surface area contributed by atoms with E-state index in [2.05, 4.69) is 87.6 Å². The number of aromatic nitrogens is 4. The van der Waals surface area contributed by atoms with Crippen molar-refractivity contribution in [1.29, 1.82) is 0 Å². The molecule has 0 unspecified atom stereocenters. The Kier molecular flexibility index (Phi) is 8.81. The molecular weight excluding hydrogens is 512 g/mol. The van der Waals surface area contributed by atoms with E-state index in [4.69, 9.17) is 9.47 Å². The zero-order valence-electron chi connectivity index (χ0n) is 17.6. The molecule has 0 amide bonds. The van der Waals surface area contributed by atoms with Crippen molar-refractivity contribution in [1.82, 2.24) is 9.13 Å². The van der Waals surface area contributed by atoms with E-state index in [1.807, 2.05) is 26.2 Å². The van der Waals surface area contributed by atoms with E-state index in [-0.39, 0.29) is 0 Å². The maximum Gasteiger partial charge on any atom is 0.243 e. The van der Waals surface area contributed by atoms with Crippen molar-refractivity contribution < 1.29 is 18.6 Å². The van der Waals surface area contributed by atoms with Gasteiger partial charge in [0.1, 0.15) is 36.3 Å². The van der Waals surface area contributed by atoms with Crippen LogP contribution in [0.5, 0.6) is 11.5 Å². The molecule has 3 rings (SSSR count). The zero-order chi connectivity index (χ0) is 21.3. The molecule has 0 fully saturated rings. The first kappa shape index (κ1) is 22.9. The van der Waals surface area contributed by atoms with E-state index >= 15 is 0 Å². The van der Waals surface area contributed by atoms with Crippen LogP contribution >= 0.6 is 31.9 Å². The number of halogens is 2. The van der Waals surface area contributed by atoms with Gasteiger partial charge in [0.15, 0.2) is 0 Å². The summed E-state index contributed by atoms with van der Waals surface area (Å²) in [6.45, 7) is 3.39. The number of aryl methyl sites for hydroxylation is 4. The van der Waals surface area contributed by atoms with Gasteiger partial charge in [0.2, 0.25) is 12.7 Å². The Hall–Kier alpha value is -1.80. The Morgan fingerprint density at radius 1 is 0.733 bits per heavy atom. The number of nitrogens with zero attached hydrogens (tertiary/aromatic N) is 4. The largest absolute Gasteiger partial charge is 0.492 e. The maximum atomic E-state index is 5.96. The Labute approximate surface area is 195 Å². The van der Waals surface area contributed by atoms with Gasteiger partial charge >= 0.3 is 0 Å². The molecule has 0 aliphatic rings. The molecule has 0 N–H and O–H groups in total. The van der Waals surface area contributed by atoms with Crippen LogP contribution in [-0.4, -0.2) is 22.3 Å². The molecule has 0 bridgehead atoms. The lowest BCUT2D eigenvalue weighted by atomic mass is 10.3. The van der Waals surface area contributed by atoms with Crippen molar-refractivity contribution in [3.63, 3.8) is 0 Å². The molecule has 0 radical (unpaired) electrons. The van der Waals surface area contributed by atoms with Crippen LogP contribution in [0.15, 0.2) is 58.5 Å². The van der Waals surface area contributed by atoms with Gasteiger partial charge in [0.05, 0.1) is 49.3 Å². The van der Waals surface area contributed by atoms with E-state index in [0.717, 1.165) is 59.2 Å². The van der Waals surface area contributed by atoms with Crippen LogP contribution in [0.25, 0.3) is 0 Å². The fourth-order valence-corrected chi connectivity index (χ4v) is 4.03. The fourth-order valence-electron chi connectivity index (χ4n) is 3.16. The second-order valence-electron chi connectivity index (χ2n) is 7.46. The minimum Gasteiger partial charge on any atom is -0.492 e. The molecule has 0 saturated heterocycles. The first-order valence-electron chi connectivity index (χ1n) is 10.3. The molecule has 0 aliphatic carbocycles. The van der Waals surface area contributed by atoms with Crippen molar-refractivity contribution in [2.75, 3.05) is 13.2 Å². The number of rotatable bonds is 12. The molecule has 8 heteroatoms. The van der Waals surface area contributed by atoms with Crippen LogP contribution in [0.3, 0.4) is 0 Å². The van der Waals surface area contributed by atoms with Crippen LogP contribution in [0, 0.1) is 0 Å². The second-order valence-corrected chi connectivity index (χ2v) is 9.17. The second kappa shape index (κ2) is 11.6. The SMILES string of the molecule is C[n+]1ccn(CCCCOc2cc(Br)c(OCCCCn3cc[n+](C)c3)cc2Br)c1. The molecule has 0 spiro atoms. The molecule has 2 aromatic heterocycles. The molecule has 6 nitrogen and oxygen atoms in total. The monoisotopic (exact) mass is 540 g/mol. The molecule has 0 saturated carbocycles. The summed E-state index contributed by atoms with van der Waals surface area (Å²) in [5.41, 5.74) is 0. The van der Waals surface area contributed by atoms with E-state index < -0.39 is 0 Å². The van der Waals surface area contributed by atoms with Crippen molar-refractivity contribution in [3.05, 3.63) is 58.5 Å². The summed E-state index contributed by atoms with van der Waals surface area (Å²) < 4.78 is 22.2. The number of benzene rings is 1. The van der Waals surface area contributed by atoms with Crippen molar-refractivity contribution in [3.8, 4) is 11.5 Å². The van der Waals surface area contributed by atoms with Gasteiger partial charge in [-0.15, -0.1) is 0 Å². The Morgan fingerprint density at radius 3 is 1.53 bits per heavy atom. The highest BCUT2D eigenvalue weighted by Gasteiger charge is 2.10. The highest BCUT2D eigenvalue weighted by molar-refractivity contribution is 9.11. The normalized spacial score (nSPS) is 11.1. The van der Waals surface area contributed by atoms with Gasteiger partial charge in [-0.1, -0.05) is 0 Å². The number of imidazole rings is 2. The lowest BCUT2D eigenvalue weighted by Crippen LogP contribution is -2.23. The summed E-state index contributed by atoms with van der Waals surface area (Å²) in [5.74, 6) is 1.67. The number of ether oxygens (including phenoxy) is 2. The summed E-state index contributed by atoms with van der Waals surface area (Å²) in [6.07, 6.45) is 16.6. The van der Waals surface area contributed by atoms with Crippen molar-refractivity contribution in [2.24, 2.45) is 14.1 Å². The molecule has 3 aromatic rings. The summed E-state index contributed by atoms with van der Waals surface area (Å²) >= 11 is 7.21.